The number of amides is 2. The summed E-state index contributed by atoms with van der Waals surface area (Å²) >= 11 is 0. The van der Waals surface area contributed by atoms with Crippen molar-refractivity contribution in [2.75, 3.05) is 41.8 Å². The van der Waals surface area contributed by atoms with Crippen molar-refractivity contribution in [2.24, 2.45) is 0 Å². The molecule has 28 heavy (non-hydrogen) atoms. The molecule has 1 saturated heterocycles. The third-order valence-corrected chi connectivity index (χ3v) is 4.99. The molecule has 0 spiro atoms. The number of hydrogen-bond acceptors (Lipinski definition) is 4. The molecule has 1 fully saturated rings. The highest BCUT2D eigenvalue weighted by Gasteiger charge is 2.14. The van der Waals surface area contributed by atoms with Gasteiger partial charge in [-0.1, -0.05) is 18.2 Å². The number of hydrogen-bond donors (Lipinski definition) is 2. The van der Waals surface area contributed by atoms with Gasteiger partial charge in [0.05, 0.1) is 18.7 Å². The second-order valence-corrected chi connectivity index (χ2v) is 7.02. The summed E-state index contributed by atoms with van der Waals surface area (Å²) in [5.74, 6) is 0.978. The van der Waals surface area contributed by atoms with Gasteiger partial charge in [-0.3, -0.25) is 0 Å². The Labute approximate surface area is 164 Å². The number of aryl methyl sites for hydroxylation is 2. The Morgan fingerprint density at radius 1 is 1.00 bits per heavy atom. The largest absolute Gasteiger partial charge is 0.378 e. The first-order valence-corrected chi connectivity index (χ1v) is 9.48. The molecule has 1 aromatic heterocycles. The Balaban J connectivity index is 1.53. The molecule has 2 heterocycles. The van der Waals surface area contributed by atoms with Gasteiger partial charge in [-0.15, -0.1) is 0 Å². The highest BCUT2D eigenvalue weighted by Crippen LogP contribution is 2.26. The SMILES string of the molecule is Cc1ccccc1NC(=O)Nc1ccc2nc(N3CCOCC3)cc(C)c2c1. The highest BCUT2D eigenvalue weighted by molar-refractivity contribution is 6.01. The molecule has 0 aliphatic carbocycles. The van der Waals surface area contributed by atoms with Gasteiger partial charge in [0.2, 0.25) is 0 Å². The van der Waals surface area contributed by atoms with Crippen LogP contribution < -0.4 is 15.5 Å². The molecule has 4 rings (SSSR count). The molecule has 6 heteroatoms. The van der Waals surface area contributed by atoms with Crippen LogP contribution in [0, 0.1) is 13.8 Å². The van der Waals surface area contributed by atoms with Crippen molar-refractivity contribution >= 4 is 34.1 Å². The van der Waals surface area contributed by atoms with E-state index in [1.165, 1.54) is 0 Å². The van der Waals surface area contributed by atoms with Gasteiger partial charge in [-0.25, -0.2) is 9.78 Å². The average Bonchev–Trinajstić information content (AvgIpc) is 2.71. The first-order chi connectivity index (χ1) is 13.6. The number of ether oxygens (including phenoxy) is 1. The molecular weight excluding hydrogens is 352 g/mol. The Hall–Kier alpha value is -3.12. The maximum Gasteiger partial charge on any atom is 0.323 e. The minimum Gasteiger partial charge on any atom is -0.378 e. The maximum atomic E-state index is 12.4. The van der Waals surface area contributed by atoms with E-state index in [9.17, 15) is 4.79 Å². The molecule has 1 aliphatic rings. The number of nitrogens with one attached hydrogen (secondary N) is 2. The molecule has 0 radical (unpaired) electrons. The van der Waals surface area contributed by atoms with E-state index in [2.05, 4.69) is 28.5 Å². The van der Waals surface area contributed by atoms with Crippen LogP contribution in [0.25, 0.3) is 10.9 Å². The molecule has 0 unspecified atom stereocenters. The van der Waals surface area contributed by atoms with E-state index in [4.69, 9.17) is 9.72 Å². The number of fused-ring (bicyclic) bond motifs is 1. The topological polar surface area (TPSA) is 66.5 Å². The quantitative estimate of drug-likeness (QED) is 0.714. The van der Waals surface area contributed by atoms with Crippen molar-refractivity contribution in [3.05, 3.63) is 59.7 Å². The predicted molar refractivity (Wildman–Crippen MR) is 113 cm³/mol. The lowest BCUT2D eigenvalue weighted by atomic mass is 10.1. The summed E-state index contributed by atoms with van der Waals surface area (Å²) in [7, 11) is 0. The summed E-state index contributed by atoms with van der Waals surface area (Å²) in [6, 6.07) is 15.4. The van der Waals surface area contributed by atoms with E-state index in [-0.39, 0.29) is 6.03 Å². The Kier molecular flexibility index (Phi) is 5.12. The standard InChI is InChI=1S/C22H24N4O2/c1-15-5-3-4-6-19(15)25-22(27)23-17-7-8-20-18(14-17)16(2)13-21(24-20)26-9-11-28-12-10-26/h3-8,13-14H,9-12H2,1-2H3,(H2,23,25,27). The normalized spacial score (nSPS) is 14.1. The molecule has 2 amide bonds. The number of nitrogens with zero attached hydrogens (tertiary/aromatic N) is 2. The summed E-state index contributed by atoms with van der Waals surface area (Å²) in [5.41, 5.74) is 4.61. The molecular formula is C22H24N4O2. The molecule has 144 valence electrons. The van der Waals surface area contributed by atoms with Crippen molar-refractivity contribution in [1.29, 1.82) is 0 Å². The van der Waals surface area contributed by atoms with Crippen LogP contribution in [0.1, 0.15) is 11.1 Å². The number of benzene rings is 2. The fraction of sp³-hybridized carbons (Fsp3) is 0.273. The lowest BCUT2D eigenvalue weighted by Gasteiger charge is -2.28. The summed E-state index contributed by atoms with van der Waals surface area (Å²) in [5, 5.41) is 6.83. The Bertz CT molecular complexity index is 1010. The lowest BCUT2D eigenvalue weighted by molar-refractivity contribution is 0.122. The molecule has 6 nitrogen and oxygen atoms in total. The third-order valence-electron chi connectivity index (χ3n) is 4.99. The first kappa shape index (κ1) is 18.3. The van der Waals surface area contributed by atoms with Crippen molar-refractivity contribution in [3.8, 4) is 0 Å². The van der Waals surface area contributed by atoms with Gasteiger partial charge in [0.1, 0.15) is 5.82 Å². The van der Waals surface area contributed by atoms with Crippen LogP contribution >= 0.6 is 0 Å². The Morgan fingerprint density at radius 3 is 2.57 bits per heavy atom. The number of carbonyl (C=O) groups is 1. The number of anilines is 3. The number of carbonyl (C=O) groups excluding carboxylic acids is 1. The molecule has 2 N–H and O–H groups in total. The number of para-hydroxylation sites is 1. The fourth-order valence-corrected chi connectivity index (χ4v) is 3.41. The fourth-order valence-electron chi connectivity index (χ4n) is 3.41. The van der Waals surface area contributed by atoms with Crippen molar-refractivity contribution in [1.82, 2.24) is 4.98 Å². The van der Waals surface area contributed by atoms with E-state index in [1.807, 2.05) is 49.4 Å². The number of rotatable bonds is 3. The zero-order chi connectivity index (χ0) is 19.5. The van der Waals surface area contributed by atoms with E-state index in [1.54, 1.807) is 0 Å². The monoisotopic (exact) mass is 376 g/mol. The molecule has 1 aliphatic heterocycles. The van der Waals surface area contributed by atoms with Crippen molar-refractivity contribution in [3.63, 3.8) is 0 Å². The van der Waals surface area contributed by atoms with E-state index >= 15 is 0 Å². The molecule has 2 aromatic carbocycles. The van der Waals surface area contributed by atoms with Crippen LogP contribution in [0.2, 0.25) is 0 Å². The van der Waals surface area contributed by atoms with Gasteiger partial charge in [0.15, 0.2) is 0 Å². The highest BCUT2D eigenvalue weighted by atomic mass is 16.5. The minimum atomic E-state index is -0.260. The number of aromatic nitrogens is 1. The van der Waals surface area contributed by atoms with Gasteiger partial charge in [-0.2, -0.15) is 0 Å². The number of morpholine rings is 1. The van der Waals surface area contributed by atoms with Gasteiger partial charge in [0.25, 0.3) is 0 Å². The number of pyridine rings is 1. The molecule has 0 atom stereocenters. The predicted octanol–water partition coefficient (Wildman–Crippen LogP) is 4.33. The van der Waals surface area contributed by atoms with Gasteiger partial charge in [0, 0.05) is 29.9 Å². The summed E-state index contributed by atoms with van der Waals surface area (Å²) in [6.07, 6.45) is 0. The molecule has 0 bridgehead atoms. The average molecular weight is 376 g/mol. The van der Waals surface area contributed by atoms with E-state index in [0.717, 1.165) is 65.5 Å². The summed E-state index contributed by atoms with van der Waals surface area (Å²) in [6.45, 7) is 7.22. The van der Waals surface area contributed by atoms with Crippen LogP contribution in [0.15, 0.2) is 48.5 Å². The van der Waals surface area contributed by atoms with Crippen molar-refractivity contribution in [2.45, 2.75) is 13.8 Å². The van der Waals surface area contributed by atoms with E-state index in [0.29, 0.717) is 0 Å². The van der Waals surface area contributed by atoms with Crippen LogP contribution in [0.3, 0.4) is 0 Å². The minimum absolute atomic E-state index is 0.260. The summed E-state index contributed by atoms with van der Waals surface area (Å²) < 4.78 is 5.43. The second-order valence-electron chi connectivity index (χ2n) is 7.02. The van der Waals surface area contributed by atoms with Crippen molar-refractivity contribution < 1.29 is 9.53 Å². The zero-order valence-corrected chi connectivity index (χ0v) is 16.2. The smallest absolute Gasteiger partial charge is 0.323 e. The lowest BCUT2D eigenvalue weighted by Crippen LogP contribution is -2.36. The van der Waals surface area contributed by atoms with Gasteiger partial charge < -0.3 is 20.3 Å². The van der Waals surface area contributed by atoms with Crippen LogP contribution in [0.5, 0.6) is 0 Å². The van der Waals surface area contributed by atoms with Gasteiger partial charge in [-0.05, 0) is 55.3 Å². The van der Waals surface area contributed by atoms with Crippen LogP contribution in [0.4, 0.5) is 22.0 Å². The Morgan fingerprint density at radius 2 is 1.79 bits per heavy atom. The van der Waals surface area contributed by atoms with Crippen LogP contribution in [-0.2, 0) is 4.74 Å². The maximum absolute atomic E-state index is 12.4. The number of urea groups is 1. The first-order valence-electron chi connectivity index (χ1n) is 9.48. The molecule has 3 aromatic rings. The van der Waals surface area contributed by atoms with Crippen LogP contribution in [-0.4, -0.2) is 37.3 Å². The van der Waals surface area contributed by atoms with E-state index < -0.39 is 0 Å². The summed E-state index contributed by atoms with van der Waals surface area (Å²) in [4.78, 5) is 19.4. The second kappa shape index (κ2) is 7.86. The zero-order valence-electron chi connectivity index (χ0n) is 16.2. The van der Waals surface area contributed by atoms with Gasteiger partial charge >= 0.3 is 6.03 Å². The molecule has 0 saturated carbocycles. The third kappa shape index (κ3) is 3.92.